The molecular weight excluding hydrogens is 327 g/mol. The summed E-state index contributed by atoms with van der Waals surface area (Å²) in [7, 11) is 0. The Morgan fingerprint density at radius 1 is 1.40 bits per heavy atom. The van der Waals surface area contributed by atoms with Gasteiger partial charge in [-0.2, -0.15) is 0 Å². The van der Waals surface area contributed by atoms with Gasteiger partial charge in [-0.3, -0.25) is 4.79 Å². The molecular formula is C13H12BrFN4O. The summed E-state index contributed by atoms with van der Waals surface area (Å²) in [6, 6.07) is 7.53. The van der Waals surface area contributed by atoms with Gasteiger partial charge in [-0.25, -0.2) is 15.2 Å². The van der Waals surface area contributed by atoms with Crippen LogP contribution in [0.15, 0.2) is 34.8 Å². The average molecular weight is 339 g/mol. The highest BCUT2D eigenvalue weighted by Gasteiger charge is 2.13. The molecule has 0 radical (unpaired) electrons. The van der Waals surface area contributed by atoms with E-state index in [0.29, 0.717) is 21.5 Å². The average Bonchev–Trinajstić information content (AvgIpc) is 2.42. The summed E-state index contributed by atoms with van der Waals surface area (Å²) < 4.78 is 14.1. The summed E-state index contributed by atoms with van der Waals surface area (Å²) in [5.74, 6) is 4.68. The smallest absolute Gasteiger partial charge is 0.255 e. The fourth-order valence-corrected chi connectivity index (χ4v) is 2.12. The normalized spacial score (nSPS) is 10.2. The second-order valence-electron chi connectivity index (χ2n) is 4.08. The number of nitrogen functional groups attached to an aromatic ring is 1. The number of carbonyl (C=O) groups is 1. The molecule has 1 amide bonds. The van der Waals surface area contributed by atoms with Crippen molar-refractivity contribution in [3.8, 4) is 0 Å². The Hall–Kier alpha value is -1.99. The molecule has 20 heavy (non-hydrogen) atoms. The Balaban J connectivity index is 2.31. The quantitative estimate of drug-likeness (QED) is 0.593. The number of nitrogens with two attached hydrogens (primary N) is 1. The molecule has 0 aliphatic heterocycles. The summed E-state index contributed by atoms with van der Waals surface area (Å²) in [5, 5.41) is 2.52. The zero-order valence-electron chi connectivity index (χ0n) is 10.6. The highest BCUT2D eigenvalue weighted by atomic mass is 79.9. The van der Waals surface area contributed by atoms with Crippen LogP contribution in [-0.4, -0.2) is 10.9 Å². The molecule has 0 atom stereocenters. The number of aryl methyl sites for hydroxylation is 1. The summed E-state index contributed by atoms with van der Waals surface area (Å²) in [5.41, 5.74) is 3.42. The molecule has 0 bridgehead atoms. The van der Waals surface area contributed by atoms with Crippen LogP contribution in [0.3, 0.4) is 0 Å². The number of nitrogens with zero attached hydrogens (tertiary/aromatic N) is 1. The van der Waals surface area contributed by atoms with E-state index in [0.717, 1.165) is 0 Å². The minimum Gasteiger partial charge on any atom is -0.319 e. The van der Waals surface area contributed by atoms with Crippen LogP contribution in [0.2, 0.25) is 0 Å². The number of para-hydroxylation sites is 1. The molecule has 1 aromatic carbocycles. The largest absolute Gasteiger partial charge is 0.319 e. The minimum absolute atomic E-state index is 0.0919. The van der Waals surface area contributed by atoms with Gasteiger partial charge in [0.15, 0.2) is 0 Å². The predicted octanol–water partition coefficient (Wildman–Crippen LogP) is 2.83. The first-order chi connectivity index (χ1) is 9.51. The van der Waals surface area contributed by atoms with E-state index in [1.807, 2.05) is 0 Å². The van der Waals surface area contributed by atoms with Crippen LogP contribution in [0.4, 0.5) is 15.9 Å². The zero-order chi connectivity index (χ0) is 14.7. The number of hydrazine groups is 1. The number of amides is 1. The van der Waals surface area contributed by atoms with Gasteiger partial charge in [-0.1, -0.05) is 6.07 Å². The molecule has 5 nitrogen and oxygen atoms in total. The van der Waals surface area contributed by atoms with Crippen molar-refractivity contribution in [3.63, 3.8) is 0 Å². The van der Waals surface area contributed by atoms with Crippen LogP contribution in [0.1, 0.15) is 16.1 Å². The standard InChI is InChI=1S/C13H12BrFN4O/c1-7-5-8(6-11(17-7)19-16)13(20)18-12-9(14)3-2-4-10(12)15/h2-6H,16H2,1H3,(H,17,19)(H,18,20). The van der Waals surface area contributed by atoms with Gasteiger partial charge in [0, 0.05) is 15.7 Å². The summed E-state index contributed by atoms with van der Waals surface area (Å²) in [6.45, 7) is 1.73. The fraction of sp³-hybridized carbons (Fsp3) is 0.0769. The highest BCUT2D eigenvalue weighted by molar-refractivity contribution is 9.10. The molecule has 0 saturated heterocycles. The monoisotopic (exact) mass is 338 g/mol. The van der Waals surface area contributed by atoms with Gasteiger partial charge in [0.1, 0.15) is 11.6 Å². The first-order valence-corrected chi connectivity index (χ1v) is 6.51. The van der Waals surface area contributed by atoms with Gasteiger partial charge >= 0.3 is 0 Å². The summed E-state index contributed by atoms with van der Waals surface area (Å²) in [4.78, 5) is 16.2. The molecule has 0 aliphatic rings. The number of rotatable bonds is 3. The maximum absolute atomic E-state index is 13.7. The topological polar surface area (TPSA) is 80.0 Å². The molecule has 0 spiro atoms. The van der Waals surface area contributed by atoms with E-state index in [2.05, 4.69) is 31.7 Å². The third-order valence-corrected chi connectivity index (χ3v) is 3.23. The molecule has 0 unspecified atom stereocenters. The number of benzene rings is 1. The minimum atomic E-state index is -0.518. The summed E-state index contributed by atoms with van der Waals surface area (Å²) >= 11 is 3.19. The number of pyridine rings is 1. The maximum atomic E-state index is 13.7. The predicted molar refractivity (Wildman–Crippen MR) is 78.8 cm³/mol. The second kappa shape index (κ2) is 5.98. The molecule has 0 aliphatic carbocycles. The van der Waals surface area contributed by atoms with Gasteiger partial charge in [-0.15, -0.1) is 0 Å². The van der Waals surface area contributed by atoms with Crippen molar-refractivity contribution in [2.45, 2.75) is 6.92 Å². The Bertz CT molecular complexity index is 643. The van der Waals surface area contributed by atoms with E-state index in [9.17, 15) is 9.18 Å². The first-order valence-electron chi connectivity index (χ1n) is 5.72. The molecule has 7 heteroatoms. The van der Waals surface area contributed by atoms with Crippen molar-refractivity contribution < 1.29 is 9.18 Å². The van der Waals surface area contributed by atoms with E-state index < -0.39 is 11.7 Å². The Kier molecular flexibility index (Phi) is 4.31. The zero-order valence-corrected chi connectivity index (χ0v) is 12.2. The highest BCUT2D eigenvalue weighted by Crippen LogP contribution is 2.25. The van der Waals surface area contributed by atoms with Crippen LogP contribution in [0.25, 0.3) is 0 Å². The Morgan fingerprint density at radius 3 is 2.80 bits per heavy atom. The number of nitrogens with one attached hydrogen (secondary N) is 2. The number of hydrogen-bond acceptors (Lipinski definition) is 4. The van der Waals surface area contributed by atoms with Gasteiger partial charge in [0.2, 0.25) is 0 Å². The molecule has 1 heterocycles. The SMILES string of the molecule is Cc1cc(C(=O)Nc2c(F)cccc2Br)cc(NN)n1. The van der Waals surface area contributed by atoms with Gasteiger partial charge in [0.25, 0.3) is 5.91 Å². The lowest BCUT2D eigenvalue weighted by molar-refractivity contribution is 0.102. The van der Waals surface area contributed by atoms with Crippen molar-refractivity contribution in [1.29, 1.82) is 0 Å². The third-order valence-electron chi connectivity index (χ3n) is 2.56. The van der Waals surface area contributed by atoms with E-state index in [-0.39, 0.29) is 5.69 Å². The Labute approximate surface area is 123 Å². The van der Waals surface area contributed by atoms with Crippen molar-refractivity contribution in [2.75, 3.05) is 10.7 Å². The maximum Gasteiger partial charge on any atom is 0.255 e. The second-order valence-corrected chi connectivity index (χ2v) is 4.93. The van der Waals surface area contributed by atoms with E-state index in [1.165, 1.54) is 12.1 Å². The number of anilines is 2. The van der Waals surface area contributed by atoms with Crippen LogP contribution < -0.4 is 16.6 Å². The fourth-order valence-electron chi connectivity index (χ4n) is 1.68. The van der Waals surface area contributed by atoms with Crippen molar-refractivity contribution in [1.82, 2.24) is 4.98 Å². The number of hydrogen-bond donors (Lipinski definition) is 3. The Morgan fingerprint density at radius 2 is 2.15 bits per heavy atom. The van der Waals surface area contributed by atoms with E-state index >= 15 is 0 Å². The van der Waals surface area contributed by atoms with Crippen molar-refractivity contribution in [2.24, 2.45) is 5.84 Å². The van der Waals surface area contributed by atoms with Crippen LogP contribution in [0, 0.1) is 12.7 Å². The first kappa shape index (κ1) is 14.4. The van der Waals surface area contributed by atoms with Gasteiger partial charge in [-0.05, 0) is 47.1 Å². The lowest BCUT2D eigenvalue weighted by atomic mass is 10.2. The molecule has 0 saturated carbocycles. The summed E-state index contributed by atoms with van der Waals surface area (Å²) in [6.07, 6.45) is 0. The number of aromatic nitrogens is 1. The number of carbonyl (C=O) groups excluding carboxylic acids is 1. The molecule has 1 aromatic heterocycles. The lowest BCUT2D eigenvalue weighted by Crippen LogP contribution is -2.16. The van der Waals surface area contributed by atoms with Crippen molar-refractivity contribution >= 4 is 33.3 Å². The molecule has 104 valence electrons. The lowest BCUT2D eigenvalue weighted by Gasteiger charge is -2.10. The van der Waals surface area contributed by atoms with Crippen molar-refractivity contribution in [3.05, 3.63) is 51.9 Å². The van der Waals surface area contributed by atoms with E-state index in [4.69, 9.17) is 5.84 Å². The van der Waals surface area contributed by atoms with Gasteiger partial charge < -0.3 is 10.7 Å². The molecule has 2 rings (SSSR count). The van der Waals surface area contributed by atoms with Crippen LogP contribution >= 0.6 is 15.9 Å². The van der Waals surface area contributed by atoms with E-state index in [1.54, 1.807) is 25.1 Å². The molecule has 4 N–H and O–H groups in total. The third kappa shape index (κ3) is 3.12. The van der Waals surface area contributed by atoms with Crippen LogP contribution in [-0.2, 0) is 0 Å². The van der Waals surface area contributed by atoms with Gasteiger partial charge in [0.05, 0.1) is 5.69 Å². The molecule has 2 aromatic rings. The van der Waals surface area contributed by atoms with Crippen LogP contribution in [0.5, 0.6) is 0 Å². The molecule has 0 fully saturated rings. The number of halogens is 2.